The summed E-state index contributed by atoms with van der Waals surface area (Å²) >= 11 is 0. The summed E-state index contributed by atoms with van der Waals surface area (Å²) < 4.78 is 44.9. The lowest BCUT2D eigenvalue weighted by Gasteiger charge is -2.25. The van der Waals surface area contributed by atoms with Crippen LogP contribution in [0.4, 0.5) is 18.0 Å². The van der Waals surface area contributed by atoms with Gasteiger partial charge in [0.05, 0.1) is 13.2 Å². The van der Waals surface area contributed by atoms with Crippen LogP contribution in [0.3, 0.4) is 0 Å². The molecule has 1 aliphatic heterocycles. The molecule has 8 nitrogen and oxygen atoms in total. The molecule has 1 heterocycles. The van der Waals surface area contributed by atoms with Gasteiger partial charge in [-0.3, -0.25) is 4.79 Å². The number of benzene rings is 2. The monoisotopic (exact) mass is 508 g/mol. The highest BCUT2D eigenvalue weighted by molar-refractivity contribution is 5.85. The highest BCUT2D eigenvalue weighted by Gasteiger charge is 2.41. The molecule has 0 aromatic heterocycles. The first-order chi connectivity index (χ1) is 17.1. The Morgan fingerprint density at radius 3 is 2.22 bits per heavy atom. The number of rotatable bonds is 6. The minimum atomic E-state index is -4.92. The summed E-state index contributed by atoms with van der Waals surface area (Å²) in [7, 11) is 0. The molecule has 2 atom stereocenters. The third-order valence-corrected chi connectivity index (χ3v) is 5.55. The molecule has 1 saturated carbocycles. The Balaban J connectivity index is 0.000000223. The lowest BCUT2D eigenvalue weighted by molar-refractivity contribution is -0.201. The molecule has 0 radical (unpaired) electrons. The van der Waals surface area contributed by atoms with E-state index in [-0.39, 0.29) is 25.2 Å². The number of hydrogen-bond donors (Lipinski definition) is 2. The van der Waals surface area contributed by atoms with E-state index < -0.39 is 24.3 Å². The van der Waals surface area contributed by atoms with Crippen LogP contribution in [-0.2, 0) is 25.7 Å². The lowest BCUT2D eigenvalue weighted by Crippen LogP contribution is -2.49. The van der Waals surface area contributed by atoms with E-state index in [9.17, 15) is 27.6 Å². The summed E-state index contributed by atoms with van der Waals surface area (Å²) in [5, 5.41) is 11.2. The summed E-state index contributed by atoms with van der Waals surface area (Å²) in [6.45, 7) is 0.853. The molecular weight excluding hydrogens is 481 g/mol. The predicted octanol–water partition coefficient (Wildman–Crippen LogP) is 3.92. The van der Waals surface area contributed by atoms with Crippen LogP contribution < -0.4 is 5.32 Å². The minimum absolute atomic E-state index is 0.0614. The normalized spacial score (nSPS) is 20.0. The van der Waals surface area contributed by atoms with Gasteiger partial charge in [0.2, 0.25) is 5.91 Å². The molecule has 2 aromatic carbocycles. The summed E-state index contributed by atoms with van der Waals surface area (Å²) in [5.74, 6) is -1.81. The average molecular weight is 508 g/mol. The van der Waals surface area contributed by atoms with Gasteiger partial charge < -0.3 is 24.8 Å². The summed E-state index contributed by atoms with van der Waals surface area (Å²) in [4.78, 5) is 35.5. The minimum Gasteiger partial charge on any atom is -0.465 e. The molecule has 0 bridgehead atoms. The van der Waals surface area contributed by atoms with Gasteiger partial charge in [-0.2, -0.15) is 13.2 Å². The zero-order chi connectivity index (χ0) is 26.1. The second-order valence-corrected chi connectivity index (χ2v) is 8.48. The van der Waals surface area contributed by atoms with Crippen molar-refractivity contribution in [1.82, 2.24) is 10.2 Å². The Kier molecular flexibility index (Phi) is 9.29. The Morgan fingerprint density at radius 1 is 1.06 bits per heavy atom. The van der Waals surface area contributed by atoms with Crippen molar-refractivity contribution in [1.29, 1.82) is 0 Å². The third-order valence-electron chi connectivity index (χ3n) is 5.55. The van der Waals surface area contributed by atoms with E-state index in [0.29, 0.717) is 24.6 Å². The second kappa shape index (κ2) is 12.4. The van der Waals surface area contributed by atoms with Crippen molar-refractivity contribution in [2.24, 2.45) is 5.92 Å². The fourth-order valence-corrected chi connectivity index (χ4v) is 3.55. The molecule has 2 aliphatic rings. The number of hydrogen-bond acceptors (Lipinski definition) is 5. The number of carboxylic acid groups (broad SMARTS) is 1. The smallest absolute Gasteiger partial charge is 0.465 e. The van der Waals surface area contributed by atoms with E-state index >= 15 is 0 Å². The van der Waals surface area contributed by atoms with Crippen molar-refractivity contribution in [3.63, 3.8) is 0 Å². The second-order valence-electron chi connectivity index (χ2n) is 8.48. The lowest BCUT2D eigenvalue weighted by atomic mass is 10.1. The number of ether oxygens (including phenoxy) is 2. The highest BCUT2D eigenvalue weighted by atomic mass is 19.4. The first-order valence-corrected chi connectivity index (χ1v) is 11.4. The van der Waals surface area contributed by atoms with Crippen LogP contribution in [0.25, 0.3) is 0 Å². The van der Waals surface area contributed by atoms with Crippen molar-refractivity contribution in [3.05, 3.63) is 71.8 Å². The fraction of sp³-hybridized carbons (Fsp3) is 0.400. The molecule has 2 amide bonds. The standard InChI is InChI=1S/C16H20N2O4.C9H7F3O2/c19-15-13(17-16(20)21)10-22-14(12-4-2-1-3-5-12)9-18(15)8-11-6-7-11;10-9(11,12)8(13)14-6-7-4-2-1-3-5-7/h1-5,11,13-14,17H,6-10H2,(H,20,21);1-5H,6H2/t13-,14-;/m1./s1. The van der Waals surface area contributed by atoms with E-state index in [1.165, 1.54) is 0 Å². The Hall–Kier alpha value is -3.60. The number of esters is 1. The van der Waals surface area contributed by atoms with Crippen molar-refractivity contribution >= 4 is 18.0 Å². The maximum absolute atomic E-state index is 12.5. The number of nitrogens with zero attached hydrogens (tertiary/aromatic N) is 1. The Bertz CT molecular complexity index is 1020. The quantitative estimate of drug-likeness (QED) is 0.573. The highest BCUT2D eigenvalue weighted by Crippen LogP contribution is 2.32. The van der Waals surface area contributed by atoms with Crippen molar-refractivity contribution < 1.29 is 42.1 Å². The molecule has 2 aromatic rings. The molecule has 2 fully saturated rings. The van der Waals surface area contributed by atoms with Gasteiger partial charge >= 0.3 is 18.2 Å². The number of carbonyl (C=O) groups excluding carboxylic acids is 2. The summed E-state index contributed by atoms with van der Waals surface area (Å²) in [6, 6.07) is 17.1. The third kappa shape index (κ3) is 8.56. The van der Waals surface area contributed by atoms with Gasteiger partial charge in [0.1, 0.15) is 18.8 Å². The zero-order valence-electron chi connectivity index (χ0n) is 19.3. The van der Waals surface area contributed by atoms with Crippen LogP contribution >= 0.6 is 0 Å². The SMILES string of the molecule is O=C(O)N[C@@H]1CO[C@@H](c2ccccc2)CN(CC2CC2)C1=O.O=C(OCc1ccccc1)C(F)(F)F. The number of amides is 2. The van der Waals surface area contributed by atoms with E-state index in [0.717, 1.165) is 18.4 Å². The van der Waals surface area contributed by atoms with E-state index in [1.54, 1.807) is 35.2 Å². The molecule has 1 saturated heterocycles. The number of halogens is 3. The Morgan fingerprint density at radius 2 is 1.67 bits per heavy atom. The zero-order valence-corrected chi connectivity index (χ0v) is 19.3. The van der Waals surface area contributed by atoms with Crippen molar-refractivity contribution in [3.8, 4) is 0 Å². The largest absolute Gasteiger partial charge is 0.490 e. The predicted molar refractivity (Wildman–Crippen MR) is 122 cm³/mol. The molecule has 36 heavy (non-hydrogen) atoms. The van der Waals surface area contributed by atoms with Crippen LogP contribution in [0.15, 0.2) is 60.7 Å². The Labute approximate surface area is 206 Å². The van der Waals surface area contributed by atoms with Gasteiger partial charge in [-0.15, -0.1) is 0 Å². The van der Waals surface area contributed by atoms with E-state index in [4.69, 9.17) is 9.84 Å². The van der Waals surface area contributed by atoms with Gasteiger partial charge in [-0.1, -0.05) is 60.7 Å². The first kappa shape index (κ1) is 27.0. The molecule has 0 spiro atoms. The van der Waals surface area contributed by atoms with Gasteiger partial charge in [0, 0.05) is 6.54 Å². The molecule has 4 rings (SSSR count). The molecule has 194 valence electrons. The van der Waals surface area contributed by atoms with Gasteiger partial charge in [-0.05, 0) is 29.9 Å². The van der Waals surface area contributed by atoms with Gasteiger partial charge in [0.25, 0.3) is 0 Å². The first-order valence-electron chi connectivity index (χ1n) is 11.4. The number of alkyl halides is 3. The van der Waals surface area contributed by atoms with E-state index in [1.807, 2.05) is 30.3 Å². The maximum atomic E-state index is 12.5. The van der Waals surface area contributed by atoms with Crippen LogP contribution in [0.2, 0.25) is 0 Å². The topological polar surface area (TPSA) is 105 Å². The van der Waals surface area contributed by atoms with Crippen LogP contribution in [0.5, 0.6) is 0 Å². The molecule has 1 aliphatic carbocycles. The van der Waals surface area contributed by atoms with Crippen LogP contribution in [0.1, 0.15) is 30.1 Å². The van der Waals surface area contributed by atoms with Gasteiger partial charge in [-0.25, -0.2) is 9.59 Å². The molecule has 0 unspecified atom stereocenters. The number of nitrogens with one attached hydrogen (secondary N) is 1. The van der Waals surface area contributed by atoms with Crippen molar-refractivity contribution in [2.45, 2.75) is 37.8 Å². The fourth-order valence-electron chi connectivity index (χ4n) is 3.55. The maximum Gasteiger partial charge on any atom is 0.490 e. The van der Waals surface area contributed by atoms with Crippen molar-refractivity contribution in [2.75, 3.05) is 19.7 Å². The summed E-state index contributed by atoms with van der Waals surface area (Å²) in [5.41, 5.74) is 1.53. The number of carbonyl (C=O) groups is 3. The molecule has 2 N–H and O–H groups in total. The van der Waals surface area contributed by atoms with Crippen LogP contribution in [0, 0.1) is 5.92 Å². The van der Waals surface area contributed by atoms with Crippen LogP contribution in [-0.4, -0.2) is 59.9 Å². The summed E-state index contributed by atoms with van der Waals surface area (Å²) in [6.07, 6.45) is -4.07. The average Bonchev–Trinajstić information content (AvgIpc) is 3.69. The molecule has 11 heteroatoms. The molecular formula is C25H27F3N2O6. The van der Waals surface area contributed by atoms with E-state index in [2.05, 4.69) is 10.1 Å². The van der Waals surface area contributed by atoms with Gasteiger partial charge in [0.15, 0.2) is 0 Å².